The molecular weight excluding hydrogens is 528 g/mol. The molecule has 3 aromatic rings. The van der Waals surface area contributed by atoms with Gasteiger partial charge in [0.2, 0.25) is 5.43 Å². The fourth-order valence-electron chi connectivity index (χ4n) is 5.07. The molecule has 2 N–H and O–H groups in total. The number of carbonyl (C=O) groups excluding carboxylic acids is 1. The van der Waals surface area contributed by atoms with E-state index in [9.17, 15) is 23.5 Å². The number of hydrazine groups is 1. The summed E-state index contributed by atoms with van der Waals surface area (Å²) >= 11 is 5.96. The lowest BCUT2D eigenvalue weighted by Crippen LogP contribution is -2.47. The molecule has 1 atom stereocenters. The Morgan fingerprint density at radius 1 is 1.15 bits per heavy atom. The first-order valence-electron chi connectivity index (χ1n) is 13.4. The van der Waals surface area contributed by atoms with E-state index in [-0.39, 0.29) is 34.4 Å². The third-order valence-corrected chi connectivity index (χ3v) is 7.92. The smallest absolute Gasteiger partial charge is 0.271 e. The number of aryl methyl sites for hydroxylation is 1. The van der Waals surface area contributed by atoms with Gasteiger partial charge >= 0.3 is 0 Å². The Hall–Kier alpha value is -3.01. The van der Waals surface area contributed by atoms with E-state index in [0.717, 1.165) is 38.2 Å². The van der Waals surface area contributed by atoms with Crippen LogP contribution in [0.15, 0.2) is 41.3 Å². The van der Waals surface area contributed by atoms with Crippen molar-refractivity contribution in [1.29, 1.82) is 0 Å². The number of carbonyl (C=O) groups is 1. The number of pyridine rings is 1. The minimum atomic E-state index is -0.691. The van der Waals surface area contributed by atoms with Gasteiger partial charge in [-0.15, -0.1) is 0 Å². The first-order valence-corrected chi connectivity index (χ1v) is 13.7. The van der Waals surface area contributed by atoms with Gasteiger partial charge in [0, 0.05) is 36.8 Å². The number of fused-ring (bicyclic) bond motifs is 1. The normalized spacial score (nSPS) is 17.4. The molecule has 5 rings (SSSR count). The topological polar surface area (TPSA) is 83.8 Å². The predicted molar refractivity (Wildman–Crippen MR) is 145 cm³/mol. The van der Waals surface area contributed by atoms with Crippen LogP contribution < -0.4 is 15.6 Å². The Bertz CT molecular complexity index is 1430. The average molecular weight is 560 g/mol. The number of amides is 1. The summed E-state index contributed by atoms with van der Waals surface area (Å²) in [5.41, 5.74) is 3.38. The van der Waals surface area contributed by atoms with Crippen molar-refractivity contribution < 1.29 is 23.4 Å². The van der Waals surface area contributed by atoms with E-state index in [4.69, 9.17) is 16.3 Å². The van der Waals surface area contributed by atoms with Gasteiger partial charge < -0.3 is 14.4 Å². The Labute approximate surface area is 230 Å². The molecule has 208 valence electrons. The summed E-state index contributed by atoms with van der Waals surface area (Å²) in [5.74, 6) is -0.765. The molecule has 1 saturated heterocycles. The van der Waals surface area contributed by atoms with Gasteiger partial charge in [-0.2, -0.15) is 0 Å². The maximum Gasteiger partial charge on any atom is 0.271 e. The van der Waals surface area contributed by atoms with E-state index in [1.165, 1.54) is 12.1 Å². The molecule has 2 fully saturated rings. The molecule has 0 spiro atoms. The fourth-order valence-corrected chi connectivity index (χ4v) is 5.22. The van der Waals surface area contributed by atoms with Gasteiger partial charge in [-0.05, 0) is 75.1 Å². The van der Waals surface area contributed by atoms with E-state index in [0.29, 0.717) is 42.3 Å². The molecule has 1 amide bonds. The van der Waals surface area contributed by atoms with Gasteiger partial charge in [-0.1, -0.05) is 17.7 Å². The summed E-state index contributed by atoms with van der Waals surface area (Å²) in [7, 11) is 0. The van der Waals surface area contributed by atoms with Crippen molar-refractivity contribution in [2.75, 3.05) is 19.7 Å². The highest BCUT2D eigenvalue weighted by atomic mass is 35.5. The van der Waals surface area contributed by atoms with Crippen molar-refractivity contribution in [2.24, 2.45) is 5.92 Å². The Balaban J connectivity index is 1.13. The molecular formula is C29H32ClF2N3O4. The van der Waals surface area contributed by atoms with Gasteiger partial charge in [-0.25, -0.2) is 13.8 Å². The Morgan fingerprint density at radius 2 is 1.90 bits per heavy atom. The third kappa shape index (κ3) is 6.42. The number of hydrogen-bond acceptors (Lipinski definition) is 5. The summed E-state index contributed by atoms with van der Waals surface area (Å²) in [5, 5.41) is 12.2. The van der Waals surface area contributed by atoms with E-state index in [2.05, 4.69) is 5.43 Å². The van der Waals surface area contributed by atoms with Crippen LogP contribution in [0.5, 0.6) is 5.75 Å². The van der Waals surface area contributed by atoms with Crippen LogP contribution in [-0.2, 0) is 0 Å². The summed E-state index contributed by atoms with van der Waals surface area (Å²) in [6.07, 6.45) is 5.76. The highest BCUT2D eigenvalue weighted by Crippen LogP contribution is 2.37. The SMILES string of the molecule is Cc1ccc(OC[C@@H](O)CCC2CCN(NC(=O)c3cn(C4CC4)c4cc(Cl)c(F)cc4c3=O)CC2)cc1F. The van der Waals surface area contributed by atoms with Crippen molar-refractivity contribution in [3.63, 3.8) is 0 Å². The number of piperidine rings is 1. The molecule has 2 heterocycles. The standard InChI is InChI=1S/C29H32ClF2N3O4/c1-17-2-7-21(12-25(17)31)39-16-20(36)6-3-18-8-10-34(11-9-18)33-29(38)23-15-35(19-4-5-19)27-14-24(30)26(32)13-22(27)28(23)37/h2,7,12-15,18-20,36H,3-6,8-11,16H2,1H3,(H,33,38)/t20-/m0/s1. The van der Waals surface area contributed by atoms with Crippen LogP contribution in [0, 0.1) is 24.5 Å². The van der Waals surface area contributed by atoms with Crippen LogP contribution in [0.3, 0.4) is 0 Å². The number of rotatable bonds is 9. The second kappa shape index (κ2) is 11.6. The van der Waals surface area contributed by atoms with Gasteiger partial charge in [-0.3, -0.25) is 15.0 Å². The minimum absolute atomic E-state index is 0.0187. The highest BCUT2D eigenvalue weighted by molar-refractivity contribution is 6.31. The first kappa shape index (κ1) is 27.6. The van der Waals surface area contributed by atoms with Crippen LogP contribution in [-0.4, -0.2) is 46.4 Å². The lowest BCUT2D eigenvalue weighted by Gasteiger charge is -2.32. The number of halogens is 3. The number of benzene rings is 2. The van der Waals surface area contributed by atoms with E-state index >= 15 is 0 Å². The first-order chi connectivity index (χ1) is 18.7. The van der Waals surface area contributed by atoms with Crippen molar-refractivity contribution in [2.45, 2.75) is 57.6 Å². The van der Waals surface area contributed by atoms with Crippen molar-refractivity contribution >= 4 is 28.4 Å². The number of aromatic nitrogens is 1. The zero-order valence-electron chi connectivity index (χ0n) is 21.8. The van der Waals surface area contributed by atoms with E-state index in [1.807, 2.05) is 4.57 Å². The van der Waals surface area contributed by atoms with Crippen molar-refractivity contribution in [3.05, 3.63) is 74.5 Å². The zero-order valence-corrected chi connectivity index (χ0v) is 22.5. The van der Waals surface area contributed by atoms with Gasteiger partial charge in [0.05, 0.1) is 16.6 Å². The molecule has 0 radical (unpaired) electrons. The van der Waals surface area contributed by atoms with E-state index in [1.54, 1.807) is 30.3 Å². The monoisotopic (exact) mass is 559 g/mol. The molecule has 1 aromatic heterocycles. The maximum absolute atomic E-state index is 14.2. The third-order valence-electron chi connectivity index (χ3n) is 7.63. The largest absolute Gasteiger partial charge is 0.491 e. The lowest BCUT2D eigenvalue weighted by atomic mass is 9.92. The molecule has 0 unspecified atom stereocenters. The lowest BCUT2D eigenvalue weighted by molar-refractivity contribution is 0.0645. The van der Waals surface area contributed by atoms with Gasteiger partial charge in [0.25, 0.3) is 5.91 Å². The average Bonchev–Trinajstić information content (AvgIpc) is 3.76. The molecule has 0 bridgehead atoms. The molecule has 1 saturated carbocycles. The molecule has 39 heavy (non-hydrogen) atoms. The molecule has 10 heteroatoms. The number of hydrogen-bond donors (Lipinski definition) is 2. The summed E-state index contributed by atoms with van der Waals surface area (Å²) in [6, 6.07) is 7.36. The van der Waals surface area contributed by atoms with Crippen LogP contribution in [0.2, 0.25) is 5.02 Å². The molecule has 1 aliphatic heterocycles. The van der Waals surface area contributed by atoms with Crippen molar-refractivity contribution in [1.82, 2.24) is 15.0 Å². The predicted octanol–water partition coefficient (Wildman–Crippen LogP) is 5.15. The molecule has 2 aliphatic rings. The van der Waals surface area contributed by atoms with Crippen LogP contribution >= 0.6 is 11.6 Å². The number of ether oxygens (including phenoxy) is 1. The second-order valence-corrected chi connectivity index (χ2v) is 11.0. The zero-order chi connectivity index (χ0) is 27.7. The van der Waals surface area contributed by atoms with Crippen LogP contribution in [0.4, 0.5) is 8.78 Å². The summed E-state index contributed by atoms with van der Waals surface area (Å²) < 4.78 is 35.2. The van der Waals surface area contributed by atoms with Gasteiger partial charge in [0.1, 0.15) is 29.6 Å². The quantitative estimate of drug-likeness (QED) is 0.379. The summed E-state index contributed by atoms with van der Waals surface area (Å²) in [4.78, 5) is 26.2. The fraction of sp³-hybridized carbons (Fsp3) is 0.448. The number of aliphatic hydroxyl groups is 1. The minimum Gasteiger partial charge on any atom is -0.491 e. The van der Waals surface area contributed by atoms with Crippen molar-refractivity contribution in [3.8, 4) is 5.75 Å². The molecule has 7 nitrogen and oxygen atoms in total. The highest BCUT2D eigenvalue weighted by Gasteiger charge is 2.28. The maximum atomic E-state index is 14.2. The number of nitrogens with one attached hydrogen (secondary N) is 1. The number of aliphatic hydroxyl groups excluding tert-OH is 1. The Kier molecular flexibility index (Phi) is 8.21. The van der Waals surface area contributed by atoms with E-state index < -0.39 is 23.3 Å². The van der Waals surface area contributed by atoms with Crippen LogP contribution in [0.25, 0.3) is 10.9 Å². The summed E-state index contributed by atoms with van der Waals surface area (Å²) in [6.45, 7) is 3.00. The Morgan fingerprint density at radius 3 is 2.59 bits per heavy atom. The molecule has 2 aromatic carbocycles. The number of nitrogens with zero attached hydrogens (tertiary/aromatic N) is 2. The van der Waals surface area contributed by atoms with Crippen LogP contribution in [0.1, 0.15) is 60.5 Å². The molecule has 1 aliphatic carbocycles. The second-order valence-electron chi connectivity index (χ2n) is 10.6. The van der Waals surface area contributed by atoms with Gasteiger partial charge in [0.15, 0.2) is 0 Å².